The largest absolute Gasteiger partial charge is 0.396 e. The number of thiazole rings is 1. The molecule has 1 aromatic heterocycles. The number of rotatable bonds is 5. The summed E-state index contributed by atoms with van der Waals surface area (Å²) in [5.74, 6) is -0.124. The summed E-state index contributed by atoms with van der Waals surface area (Å²) in [7, 11) is 0. The van der Waals surface area contributed by atoms with Crippen molar-refractivity contribution in [1.29, 1.82) is 0 Å². The fraction of sp³-hybridized carbons (Fsp3) is 0.235. The summed E-state index contributed by atoms with van der Waals surface area (Å²) in [5, 5.41) is 10.6. The van der Waals surface area contributed by atoms with Crippen molar-refractivity contribution in [3.8, 4) is 0 Å². The first-order valence-electron chi connectivity index (χ1n) is 6.94. The van der Waals surface area contributed by atoms with Crippen LogP contribution in [0.2, 0.25) is 0 Å². The van der Waals surface area contributed by atoms with E-state index in [0.29, 0.717) is 0 Å². The molecule has 1 atom stereocenters. The quantitative estimate of drug-likeness (QED) is 0.777. The standard InChI is InChI=1S/C17H16FNOS/c18-14-7-5-12(6-8-14)9-13(11-20)10-17-19-15-3-1-2-4-16(15)21-17/h1-8,13,20H,9-11H2. The van der Waals surface area contributed by atoms with E-state index in [0.717, 1.165) is 28.9 Å². The van der Waals surface area contributed by atoms with Crippen molar-refractivity contribution >= 4 is 21.6 Å². The highest BCUT2D eigenvalue weighted by Gasteiger charge is 2.13. The third kappa shape index (κ3) is 3.46. The zero-order chi connectivity index (χ0) is 14.7. The van der Waals surface area contributed by atoms with Crippen LogP contribution in [0.25, 0.3) is 10.2 Å². The molecule has 4 heteroatoms. The number of aromatic nitrogens is 1. The molecule has 3 rings (SSSR count). The Morgan fingerprint density at radius 1 is 1.05 bits per heavy atom. The maximum atomic E-state index is 12.9. The van der Waals surface area contributed by atoms with Gasteiger partial charge in [-0.15, -0.1) is 11.3 Å². The first-order valence-corrected chi connectivity index (χ1v) is 7.76. The fourth-order valence-electron chi connectivity index (χ4n) is 2.41. The van der Waals surface area contributed by atoms with E-state index in [9.17, 15) is 9.50 Å². The molecule has 0 aliphatic carbocycles. The predicted octanol–water partition coefficient (Wildman–Crippen LogP) is 3.83. The highest BCUT2D eigenvalue weighted by molar-refractivity contribution is 7.18. The summed E-state index contributed by atoms with van der Waals surface area (Å²) in [4.78, 5) is 4.60. The van der Waals surface area contributed by atoms with Crippen LogP contribution in [0.5, 0.6) is 0 Å². The van der Waals surface area contributed by atoms with E-state index in [-0.39, 0.29) is 18.3 Å². The van der Waals surface area contributed by atoms with E-state index in [1.807, 2.05) is 18.2 Å². The van der Waals surface area contributed by atoms with Crippen LogP contribution in [0.15, 0.2) is 48.5 Å². The molecule has 0 radical (unpaired) electrons. The molecule has 1 heterocycles. The van der Waals surface area contributed by atoms with Crippen molar-refractivity contribution in [2.45, 2.75) is 12.8 Å². The predicted molar refractivity (Wildman–Crippen MR) is 84.0 cm³/mol. The number of para-hydroxylation sites is 1. The Morgan fingerprint density at radius 2 is 1.81 bits per heavy atom. The van der Waals surface area contributed by atoms with Crippen LogP contribution in [0.1, 0.15) is 10.6 Å². The Morgan fingerprint density at radius 3 is 2.52 bits per heavy atom. The van der Waals surface area contributed by atoms with E-state index in [4.69, 9.17) is 0 Å². The lowest BCUT2D eigenvalue weighted by molar-refractivity contribution is 0.225. The third-order valence-electron chi connectivity index (χ3n) is 3.50. The number of fused-ring (bicyclic) bond motifs is 1. The summed E-state index contributed by atoms with van der Waals surface area (Å²) in [5.41, 5.74) is 2.05. The van der Waals surface area contributed by atoms with E-state index in [1.54, 1.807) is 23.5 Å². The van der Waals surface area contributed by atoms with Gasteiger partial charge in [0.15, 0.2) is 0 Å². The number of aliphatic hydroxyl groups excluding tert-OH is 1. The van der Waals surface area contributed by atoms with Crippen molar-refractivity contribution in [2.75, 3.05) is 6.61 Å². The van der Waals surface area contributed by atoms with Crippen molar-refractivity contribution in [2.24, 2.45) is 5.92 Å². The van der Waals surface area contributed by atoms with Gasteiger partial charge in [-0.2, -0.15) is 0 Å². The highest BCUT2D eigenvalue weighted by Crippen LogP contribution is 2.24. The van der Waals surface area contributed by atoms with Crippen molar-refractivity contribution in [3.05, 3.63) is 64.9 Å². The Labute approximate surface area is 126 Å². The lowest BCUT2D eigenvalue weighted by atomic mass is 9.97. The number of halogens is 1. The molecule has 108 valence electrons. The first-order chi connectivity index (χ1) is 10.2. The van der Waals surface area contributed by atoms with Gasteiger partial charge in [-0.1, -0.05) is 24.3 Å². The van der Waals surface area contributed by atoms with Crippen LogP contribution in [0, 0.1) is 11.7 Å². The maximum absolute atomic E-state index is 12.9. The Kier molecular flexibility index (Phi) is 4.27. The molecule has 0 fully saturated rings. The number of hydrogen-bond donors (Lipinski definition) is 1. The summed E-state index contributed by atoms with van der Waals surface area (Å²) >= 11 is 1.67. The summed E-state index contributed by atoms with van der Waals surface area (Å²) in [6.07, 6.45) is 1.47. The SMILES string of the molecule is OCC(Cc1ccc(F)cc1)Cc1nc2ccccc2s1. The number of benzene rings is 2. The molecular weight excluding hydrogens is 285 g/mol. The molecule has 2 aromatic carbocycles. The van der Waals surface area contributed by atoms with Crippen molar-refractivity contribution in [3.63, 3.8) is 0 Å². The maximum Gasteiger partial charge on any atom is 0.123 e. The van der Waals surface area contributed by atoms with E-state index >= 15 is 0 Å². The van der Waals surface area contributed by atoms with Gasteiger partial charge >= 0.3 is 0 Å². The van der Waals surface area contributed by atoms with Crippen LogP contribution in [0.3, 0.4) is 0 Å². The minimum Gasteiger partial charge on any atom is -0.396 e. The van der Waals surface area contributed by atoms with Crippen LogP contribution in [0.4, 0.5) is 4.39 Å². The molecule has 0 saturated heterocycles. The molecule has 1 N–H and O–H groups in total. The second-order valence-corrected chi connectivity index (χ2v) is 6.27. The summed E-state index contributed by atoms with van der Waals surface area (Å²) in [6.45, 7) is 0.104. The molecule has 0 bridgehead atoms. The molecular formula is C17H16FNOS. The Hall–Kier alpha value is -1.78. The van der Waals surface area contributed by atoms with E-state index in [1.165, 1.54) is 16.8 Å². The molecule has 2 nitrogen and oxygen atoms in total. The van der Waals surface area contributed by atoms with Gasteiger partial charge in [0, 0.05) is 13.0 Å². The minimum absolute atomic E-state index is 0.104. The summed E-state index contributed by atoms with van der Waals surface area (Å²) < 4.78 is 14.1. The zero-order valence-corrected chi connectivity index (χ0v) is 12.3. The molecule has 1 unspecified atom stereocenters. The molecule has 0 spiro atoms. The molecule has 0 aliphatic rings. The smallest absolute Gasteiger partial charge is 0.123 e. The van der Waals surface area contributed by atoms with Gasteiger partial charge < -0.3 is 5.11 Å². The van der Waals surface area contributed by atoms with Gasteiger partial charge in [-0.05, 0) is 42.2 Å². The number of aliphatic hydroxyl groups is 1. The topological polar surface area (TPSA) is 33.1 Å². The average Bonchev–Trinajstić information content (AvgIpc) is 2.91. The van der Waals surface area contributed by atoms with Crippen LogP contribution in [-0.4, -0.2) is 16.7 Å². The van der Waals surface area contributed by atoms with Gasteiger partial charge in [0.1, 0.15) is 5.82 Å². The summed E-state index contributed by atoms with van der Waals surface area (Å²) in [6, 6.07) is 14.5. The third-order valence-corrected chi connectivity index (χ3v) is 4.56. The van der Waals surface area contributed by atoms with Gasteiger partial charge in [0.25, 0.3) is 0 Å². The van der Waals surface area contributed by atoms with Gasteiger partial charge in [0.05, 0.1) is 15.2 Å². The zero-order valence-electron chi connectivity index (χ0n) is 11.5. The first kappa shape index (κ1) is 14.2. The monoisotopic (exact) mass is 301 g/mol. The van der Waals surface area contributed by atoms with Crippen LogP contribution in [-0.2, 0) is 12.8 Å². The second-order valence-electron chi connectivity index (χ2n) is 5.16. The Balaban J connectivity index is 1.73. The number of nitrogens with zero attached hydrogens (tertiary/aromatic N) is 1. The molecule has 0 saturated carbocycles. The lowest BCUT2D eigenvalue weighted by Gasteiger charge is -2.12. The second kappa shape index (κ2) is 6.33. The average molecular weight is 301 g/mol. The van der Waals surface area contributed by atoms with Gasteiger partial charge in [-0.25, -0.2) is 9.37 Å². The van der Waals surface area contributed by atoms with Crippen molar-refractivity contribution < 1.29 is 9.50 Å². The normalized spacial score (nSPS) is 12.7. The van der Waals surface area contributed by atoms with Crippen LogP contribution < -0.4 is 0 Å². The Bertz CT molecular complexity index is 690. The molecule has 0 amide bonds. The molecule has 0 aliphatic heterocycles. The molecule has 21 heavy (non-hydrogen) atoms. The fourth-order valence-corrected chi connectivity index (χ4v) is 3.49. The van der Waals surface area contributed by atoms with Gasteiger partial charge in [0.2, 0.25) is 0 Å². The minimum atomic E-state index is -0.231. The number of hydrogen-bond acceptors (Lipinski definition) is 3. The van der Waals surface area contributed by atoms with Crippen LogP contribution >= 0.6 is 11.3 Å². The lowest BCUT2D eigenvalue weighted by Crippen LogP contribution is -2.12. The van der Waals surface area contributed by atoms with E-state index < -0.39 is 0 Å². The van der Waals surface area contributed by atoms with Crippen molar-refractivity contribution in [1.82, 2.24) is 4.98 Å². The highest BCUT2D eigenvalue weighted by atomic mass is 32.1. The molecule has 3 aromatic rings. The van der Waals surface area contributed by atoms with E-state index in [2.05, 4.69) is 11.1 Å². The van der Waals surface area contributed by atoms with Gasteiger partial charge in [-0.3, -0.25) is 0 Å².